The van der Waals surface area contributed by atoms with E-state index >= 15 is 0 Å². The predicted octanol–water partition coefficient (Wildman–Crippen LogP) is 5.62. The van der Waals surface area contributed by atoms with Gasteiger partial charge in [0, 0.05) is 21.7 Å². The number of benzene rings is 2. The first-order valence-electron chi connectivity index (χ1n) is 10.4. The first-order chi connectivity index (χ1) is 13.6. The van der Waals surface area contributed by atoms with Crippen LogP contribution in [-0.2, 0) is 6.61 Å². The molecule has 0 saturated heterocycles. The van der Waals surface area contributed by atoms with Gasteiger partial charge in [-0.3, -0.25) is 4.79 Å². The summed E-state index contributed by atoms with van der Waals surface area (Å²) < 4.78 is 5.89. The van der Waals surface area contributed by atoms with Gasteiger partial charge in [-0.25, -0.2) is 0 Å². The maximum absolute atomic E-state index is 13.0. The number of hydrogen-bond acceptors (Lipinski definition) is 2. The highest BCUT2D eigenvalue weighted by atomic mass is 35.5. The van der Waals surface area contributed by atoms with Crippen molar-refractivity contribution in [3.63, 3.8) is 0 Å². The molecule has 4 bridgehead atoms. The number of amides is 1. The first-order valence-corrected chi connectivity index (χ1v) is 10.8. The summed E-state index contributed by atoms with van der Waals surface area (Å²) >= 11 is 6.20. The lowest BCUT2D eigenvalue weighted by Crippen LogP contribution is -2.59. The van der Waals surface area contributed by atoms with Gasteiger partial charge < -0.3 is 10.1 Å². The Labute approximate surface area is 171 Å². The van der Waals surface area contributed by atoms with E-state index in [1.807, 2.05) is 48.5 Å². The predicted molar refractivity (Wildman–Crippen MR) is 111 cm³/mol. The maximum Gasteiger partial charge on any atom is 0.251 e. The zero-order valence-electron chi connectivity index (χ0n) is 16.0. The second kappa shape index (κ2) is 7.11. The SMILES string of the molecule is O=C(NC12CC3CC(CC(C3)C1)C2)c1cccc(OCc2ccccc2Cl)c1. The fourth-order valence-corrected chi connectivity index (χ4v) is 6.27. The van der Waals surface area contributed by atoms with Gasteiger partial charge >= 0.3 is 0 Å². The number of halogens is 1. The fraction of sp³-hybridized carbons (Fsp3) is 0.458. The van der Waals surface area contributed by atoms with Gasteiger partial charge in [-0.05, 0) is 80.5 Å². The van der Waals surface area contributed by atoms with Crippen molar-refractivity contribution in [3.8, 4) is 5.75 Å². The van der Waals surface area contributed by atoms with Crippen LogP contribution in [0.1, 0.15) is 54.4 Å². The van der Waals surface area contributed by atoms with Gasteiger partial charge in [-0.1, -0.05) is 35.9 Å². The largest absolute Gasteiger partial charge is 0.489 e. The maximum atomic E-state index is 13.0. The molecule has 6 rings (SSSR count). The minimum absolute atomic E-state index is 0.0280. The molecule has 2 aromatic carbocycles. The number of ether oxygens (including phenoxy) is 1. The molecule has 0 spiro atoms. The highest BCUT2D eigenvalue weighted by Gasteiger charge is 2.51. The van der Waals surface area contributed by atoms with Crippen molar-refractivity contribution in [2.75, 3.05) is 0 Å². The summed E-state index contributed by atoms with van der Waals surface area (Å²) in [6.45, 7) is 0.389. The van der Waals surface area contributed by atoms with Gasteiger partial charge in [0.1, 0.15) is 12.4 Å². The number of hydrogen-bond donors (Lipinski definition) is 1. The van der Waals surface area contributed by atoms with Gasteiger partial charge in [-0.2, -0.15) is 0 Å². The molecule has 3 nitrogen and oxygen atoms in total. The van der Waals surface area contributed by atoms with Crippen molar-refractivity contribution in [1.29, 1.82) is 0 Å². The molecule has 0 aliphatic heterocycles. The standard InChI is InChI=1S/C24H26ClNO2/c25-22-7-2-1-4-20(22)15-28-21-6-3-5-19(11-21)23(27)26-24-12-16-8-17(13-24)10-18(9-16)14-24/h1-7,11,16-18H,8-10,12-15H2,(H,26,27). The normalized spacial score (nSPS) is 30.2. The topological polar surface area (TPSA) is 38.3 Å². The summed E-state index contributed by atoms with van der Waals surface area (Å²) in [7, 11) is 0. The van der Waals surface area contributed by atoms with Crippen LogP contribution in [0.4, 0.5) is 0 Å². The van der Waals surface area contributed by atoms with Crippen LogP contribution in [0, 0.1) is 17.8 Å². The van der Waals surface area contributed by atoms with Crippen molar-refractivity contribution in [2.45, 2.75) is 50.7 Å². The van der Waals surface area contributed by atoms with E-state index in [-0.39, 0.29) is 11.4 Å². The zero-order valence-corrected chi connectivity index (χ0v) is 16.8. The van der Waals surface area contributed by atoms with E-state index in [0.29, 0.717) is 22.9 Å². The van der Waals surface area contributed by atoms with Crippen molar-refractivity contribution >= 4 is 17.5 Å². The summed E-state index contributed by atoms with van der Waals surface area (Å²) in [5.74, 6) is 3.17. The minimum Gasteiger partial charge on any atom is -0.489 e. The highest BCUT2D eigenvalue weighted by molar-refractivity contribution is 6.31. The lowest BCUT2D eigenvalue weighted by atomic mass is 9.53. The van der Waals surface area contributed by atoms with Crippen LogP contribution in [-0.4, -0.2) is 11.4 Å². The Bertz CT molecular complexity index is 858. The second-order valence-electron chi connectivity index (χ2n) is 9.06. The molecule has 2 aromatic rings. The summed E-state index contributed by atoms with van der Waals surface area (Å²) in [5.41, 5.74) is 1.64. The van der Waals surface area contributed by atoms with Gasteiger partial charge in [0.05, 0.1) is 0 Å². The Morgan fingerprint density at radius 2 is 1.68 bits per heavy atom. The molecule has 0 heterocycles. The Kier molecular flexibility index (Phi) is 4.59. The third-order valence-electron chi connectivity index (χ3n) is 6.87. The quantitative estimate of drug-likeness (QED) is 0.713. The van der Waals surface area contributed by atoms with Gasteiger partial charge in [0.2, 0.25) is 0 Å². The minimum atomic E-state index is 0.0280. The molecular formula is C24H26ClNO2. The van der Waals surface area contributed by atoms with Crippen LogP contribution >= 0.6 is 11.6 Å². The molecule has 4 heteroatoms. The number of nitrogens with one attached hydrogen (secondary N) is 1. The van der Waals surface area contributed by atoms with E-state index in [1.165, 1.54) is 19.3 Å². The van der Waals surface area contributed by atoms with Gasteiger partial charge in [0.25, 0.3) is 5.91 Å². The second-order valence-corrected chi connectivity index (χ2v) is 9.47. The molecule has 0 radical (unpaired) electrons. The van der Waals surface area contributed by atoms with Crippen LogP contribution in [0.5, 0.6) is 5.75 Å². The molecule has 28 heavy (non-hydrogen) atoms. The van der Waals surface area contributed by atoms with Crippen molar-refractivity contribution in [3.05, 3.63) is 64.7 Å². The lowest BCUT2D eigenvalue weighted by Gasteiger charge is -2.56. The summed E-state index contributed by atoms with van der Waals surface area (Å²) in [4.78, 5) is 13.0. The smallest absolute Gasteiger partial charge is 0.251 e. The number of carbonyl (C=O) groups is 1. The van der Waals surface area contributed by atoms with Crippen LogP contribution in [0.25, 0.3) is 0 Å². The van der Waals surface area contributed by atoms with Crippen LogP contribution in [0.2, 0.25) is 5.02 Å². The number of rotatable bonds is 5. The average molecular weight is 396 g/mol. The van der Waals surface area contributed by atoms with Crippen molar-refractivity contribution in [2.24, 2.45) is 17.8 Å². The third kappa shape index (κ3) is 3.53. The molecule has 0 atom stereocenters. The van der Waals surface area contributed by atoms with Crippen LogP contribution in [0.3, 0.4) is 0 Å². The molecule has 4 fully saturated rings. The average Bonchev–Trinajstić information content (AvgIpc) is 2.66. The molecule has 0 unspecified atom stereocenters. The molecule has 4 aliphatic rings. The molecule has 1 N–H and O–H groups in total. The molecule has 4 saturated carbocycles. The highest BCUT2D eigenvalue weighted by Crippen LogP contribution is 2.55. The Morgan fingerprint density at radius 1 is 1.00 bits per heavy atom. The van der Waals surface area contributed by atoms with Crippen molar-refractivity contribution in [1.82, 2.24) is 5.32 Å². The van der Waals surface area contributed by atoms with E-state index in [1.54, 1.807) is 0 Å². The van der Waals surface area contributed by atoms with Crippen LogP contribution < -0.4 is 10.1 Å². The van der Waals surface area contributed by atoms with Crippen molar-refractivity contribution < 1.29 is 9.53 Å². The Morgan fingerprint density at radius 3 is 2.36 bits per heavy atom. The zero-order chi connectivity index (χ0) is 19.1. The van der Waals surface area contributed by atoms with E-state index in [9.17, 15) is 4.79 Å². The van der Waals surface area contributed by atoms with Gasteiger partial charge in [0.15, 0.2) is 0 Å². The molecular weight excluding hydrogens is 370 g/mol. The summed E-state index contributed by atoms with van der Waals surface area (Å²) in [5, 5.41) is 4.13. The Hall–Kier alpha value is -2.00. The van der Waals surface area contributed by atoms with E-state index in [4.69, 9.17) is 16.3 Å². The van der Waals surface area contributed by atoms with Gasteiger partial charge in [-0.15, -0.1) is 0 Å². The Balaban J connectivity index is 1.27. The van der Waals surface area contributed by atoms with E-state index in [0.717, 1.165) is 42.6 Å². The molecule has 4 aliphatic carbocycles. The first kappa shape index (κ1) is 18.1. The van der Waals surface area contributed by atoms with E-state index in [2.05, 4.69) is 5.32 Å². The molecule has 0 aromatic heterocycles. The number of carbonyl (C=O) groups excluding carboxylic acids is 1. The third-order valence-corrected chi connectivity index (χ3v) is 7.23. The lowest BCUT2D eigenvalue weighted by molar-refractivity contribution is -0.0167. The van der Waals surface area contributed by atoms with E-state index < -0.39 is 0 Å². The monoisotopic (exact) mass is 395 g/mol. The summed E-state index contributed by atoms with van der Waals surface area (Å²) in [6, 6.07) is 15.1. The molecule has 146 valence electrons. The fourth-order valence-electron chi connectivity index (χ4n) is 6.08. The van der Waals surface area contributed by atoms with Crippen LogP contribution in [0.15, 0.2) is 48.5 Å². The summed E-state index contributed by atoms with van der Waals surface area (Å²) in [6.07, 6.45) is 7.61. The molecule has 1 amide bonds.